The SMILES string of the molecule is O=C1c2ccccc2C(=O)C1c1ccc2cccc(N3C(=O)c4c(Cl)c(Cl)c(Cl)c(Cl)c4C3=O)c2n1. The Morgan fingerprint density at radius 1 is 0.639 bits per heavy atom. The first-order valence-corrected chi connectivity index (χ1v) is 12.1. The third-order valence-electron chi connectivity index (χ3n) is 6.34. The fraction of sp³-hybridized carbons (Fsp3) is 0.0385. The fourth-order valence-electron chi connectivity index (χ4n) is 4.67. The molecule has 4 aromatic rings. The molecule has 0 unspecified atom stereocenters. The van der Waals surface area contributed by atoms with Gasteiger partial charge in [0.15, 0.2) is 11.6 Å². The van der Waals surface area contributed by atoms with Gasteiger partial charge in [0.25, 0.3) is 11.8 Å². The second-order valence-electron chi connectivity index (χ2n) is 8.24. The number of imide groups is 1. The number of benzene rings is 3. The van der Waals surface area contributed by atoms with Crippen molar-refractivity contribution in [3.8, 4) is 0 Å². The van der Waals surface area contributed by atoms with Crippen LogP contribution in [-0.2, 0) is 0 Å². The summed E-state index contributed by atoms with van der Waals surface area (Å²) in [5, 5.41) is -0.0645. The molecule has 0 spiro atoms. The van der Waals surface area contributed by atoms with E-state index in [1.54, 1.807) is 48.5 Å². The van der Waals surface area contributed by atoms with Gasteiger partial charge in [-0.2, -0.15) is 0 Å². The molecule has 6 nitrogen and oxygen atoms in total. The van der Waals surface area contributed by atoms with Gasteiger partial charge in [0, 0.05) is 16.5 Å². The minimum absolute atomic E-state index is 0.135. The van der Waals surface area contributed by atoms with Crippen LogP contribution in [0.3, 0.4) is 0 Å². The summed E-state index contributed by atoms with van der Waals surface area (Å²) >= 11 is 24.8. The molecule has 0 atom stereocenters. The Bertz CT molecular complexity index is 1650. The van der Waals surface area contributed by atoms with Crippen molar-refractivity contribution in [2.45, 2.75) is 5.92 Å². The Kier molecular flexibility index (Phi) is 5.21. The number of carbonyl (C=O) groups is 4. The van der Waals surface area contributed by atoms with E-state index >= 15 is 0 Å². The molecule has 3 aromatic carbocycles. The number of pyridine rings is 1. The molecule has 0 saturated heterocycles. The van der Waals surface area contributed by atoms with Crippen molar-refractivity contribution in [2.24, 2.45) is 0 Å². The third-order valence-corrected chi connectivity index (χ3v) is 8.14. The zero-order valence-corrected chi connectivity index (χ0v) is 20.8. The quantitative estimate of drug-likeness (QED) is 0.117. The second kappa shape index (κ2) is 8.11. The molecule has 2 aliphatic rings. The zero-order chi connectivity index (χ0) is 25.5. The molecule has 1 aliphatic heterocycles. The summed E-state index contributed by atoms with van der Waals surface area (Å²) in [6.07, 6.45) is 0. The summed E-state index contributed by atoms with van der Waals surface area (Å²) in [5.41, 5.74) is 0.930. The Morgan fingerprint density at radius 3 is 1.75 bits per heavy atom. The van der Waals surface area contributed by atoms with Crippen LogP contribution in [0, 0.1) is 0 Å². The number of nitrogens with zero attached hydrogens (tertiary/aromatic N) is 2. The minimum atomic E-state index is -1.12. The van der Waals surface area contributed by atoms with Crippen LogP contribution in [0.5, 0.6) is 0 Å². The van der Waals surface area contributed by atoms with Crippen molar-refractivity contribution >= 4 is 86.4 Å². The molecule has 10 heteroatoms. The van der Waals surface area contributed by atoms with Gasteiger partial charge in [0.2, 0.25) is 0 Å². The highest BCUT2D eigenvalue weighted by molar-refractivity contribution is 6.56. The van der Waals surface area contributed by atoms with Crippen molar-refractivity contribution in [2.75, 3.05) is 4.90 Å². The van der Waals surface area contributed by atoms with Crippen molar-refractivity contribution in [3.05, 3.63) is 103 Å². The Labute approximate surface area is 223 Å². The first kappa shape index (κ1) is 23.1. The number of halogens is 4. The number of fused-ring (bicyclic) bond motifs is 3. The van der Waals surface area contributed by atoms with E-state index in [9.17, 15) is 19.2 Å². The molecule has 0 radical (unpaired) electrons. The maximum Gasteiger partial charge on any atom is 0.267 e. The topological polar surface area (TPSA) is 84.4 Å². The number of carbonyl (C=O) groups excluding carboxylic acids is 4. The molecule has 0 bridgehead atoms. The van der Waals surface area contributed by atoms with E-state index in [2.05, 4.69) is 4.98 Å². The van der Waals surface area contributed by atoms with Crippen LogP contribution >= 0.6 is 46.4 Å². The summed E-state index contributed by atoms with van der Waals surface area (Å²) < 4.78 is 0. The van der Waals surface area contributed by atoms with Crippen molar-refractivity contribution in [3.63, 3.8) is 0 Å². The summed E-state index contributed by atoms with van der Waals surface area (Å²) in [6.45, 7) is 0. The van der Waals surface area contributed by atoms with Crippen LogP contribution in [0.15, 0.2) is 54.6 Å². The maximum absolute atomic E-state index is 13.4. The van der Waals surface area contributed by atoms with Gasteiger partial charge in [0.1, 0.15) is 5.92 Å². The van der Waals surface area contributed by atoms with Gasteiger partial charge >= 0.3 is 0 Å². The highest BCUT2D eigenvalue weighted by atomic mass is 35.5. The van der Waals surface area contributed by atoms with Gasteiger partial charge < -0.3 is 0 Å². The van der Waals surface area contributed by atoms with Crippen LogP contribution in [0.2, 0.25) is 20.1 Å². The predicted molar refractivity (Wildman–Crippen MR) is 137 cm³/mol. The van der Waals surface area contributed by atoms with E-state index in [-0.39, 0.29) is 59.7 Å². The largest absolute Gasteiger partial charge is 0.293 e. The van der Waals surface area contributed by atoms with Crippen LogP contribution < -0.4 is 4.90 Å². The van der Waals surface area contributed by atoms with Crippen LogP contribution in [0.25, 0.3) is 10.9 Å². The van der Waals surface area contributed by atoms with Crippen LogP contribution in [0.4, 0.5) is 5.69 Å². The highest BCUT2D eigenvalue weighted by Crippen LogP contribution is 2.46. The monoisotopic (exact) mass is 554 g/mol. The smallest absolute Gasteiger partial charge is 0.267 e. The molecule has 0 fully saturated rings. The zero-order valence-electron chi connectivity index (χ0n) is 17.8. The predicted octanol–water partition coefficient (Wildman–Crippen LogP) is 6.81. The standard InChI is InChI=1S/C26H10Cl4N2O4/c27-18-16-17(19(28)21(30)20(18)29)26(36)32(25(16)35)14-7-3-4-10-8-9-13(31-22(10)14)15-23(33)11-5-1-2-6-12(11)24(15)34/h1-9,15H. The number of hydrogen-bond acceptors (Lipinski definition) is 5. The first-order chi connectivity index (χ1) is 17.2. The molecule has 6 rings (SSSR count). The van der Waals surface area contributed by atoms with E-state index < -0.39 is 17.7 Å². The molecule has 2 amide bonds. The maximum atomic E-state index is 13.4. The van der Waals surface area contributed by atoms with Gasteiger partial charge in [0.05, 0.1) is 48.1 Å². The Hall–Kier alpha value is -3.29. The molecule has 176 valence electrons. The summed E-state index contributed by atoms with van der Waals surface area (Å²) in [4.78, 5) is 58.4. The van der Waals surface area contributed by atoms with Gasteiger partial charge in [-0.15, -0.1) is 0 Å². The molecule has 36 heavy (non-hydrogen) atoms. The normalized spacial score (nSPS) is 15.3. The van der Waals surface area contributed by atoms with Crippen LogP contribution in [0.1, 0.15) is 53.0 Å². The number of Topliss-reactive ketones (excluding diaryl/α,β-unsaturated/α-hetero) is 2. The van der Waals surface area contributed by atoms with Gasteiger partial charge in [-0.25, -0.2) is 9.88 Å². The lowest BCUT2D eigenvalue weighted by Crippen LogP contribution is -2.30. The summed E-state index contributed by atoms with van der Waals surface area (Å²) in [7, 11) is 0. The lowest BCUT2D eigenvalue weighted by Gasteiger charge is -2.17. The molecule has 2 heterocycles. The van der Waals surface area contributed by atoms with Crippen LogP contribution in [-0.4, -0.2) is 28.4 Å². The van der Waals surface area contributed by atoms with Gasteiger partial charge in [-0.05, 0) is 12.1 Å². The van der Waals surface area contributed by atoms with E-state index in [1.165, 1.54) is 6.07 Å². The second-order valence-corrected chi connectivity index (χ2v) is 9.76. The first-order valence-electron chi connectivity index (χ1n) is 10.5. The molecular weight excluding hydrogens is 546 g/mol. The molecule has 1 aromatic heterocycles. The summed E-state index contributed by atoms with van der Waals surface area (Å²) in [5.74, 6) is -3.34. The molecule has 0 N–H and O–H groups in total. The number of rotatable bonds is 2. The van der Waals surface area contributed by atoms with E-state index in [0.29, 0.717) is 16.5 Å². The lowest BCUT2D eigenvalue weighted by molar-refractivity contribution is 0.0882. The number of hydrogen-bond donors (Lipinski definition) is 0. The average Bonchev–Trinajstić information content (AvgIpc) is 3.30. The third kappa shape index (κ3) is 3.02. The number of anilines is 1. The molecular formula is C26H10Cl4N2O4. The number of amides is 2. The molecule has 1 aliphatic carbocycles. The number of para-hydroxylation sites is 1. The van der Waals surface area contributed by atoms with E-state index in [0.717, 1.165) is 4.90 Å². The summed E-state index contributed by atoms with van der Waals surface area (Å²) in [6, 6.07) is 14.8. The van der Waals surface area contributed by atoms with E-state index in [1.807, 2.05) is 0 Å². The number of ketones is 2. The average molecular weight is 556 g/mol. The minimum Gasteiger partial charge on any atom is -0.293 e. The van der Waals surface area contributed by atoms with Gasteiger partial charge in [-0.1, -0.05) is 88.9 Å². The fourth-order valence-corrected chi connectivity index (χ4v) is 5.68. The highest BCUT2D eigenvalue weighted by Gasteiger charge is 2.44. The molecule has 0 saturated carbocycles. The van der Waals surface area contributed by atoms with Crippen molar-refractivity contribution in [1.29, 1.82) is 0 Å². The Balaban J connectivity index is 1.52. The van der Waals surface area contributed by atoms with Gasteiger partial charge in [-0.3, -0.25) is 19.2 Å². The van der Waals surface area contributed by atoms with Crippen molar-refractivity contribution in [1.82, 2.24) is 4.98 Å². The lowest BCUT2D eigenvalue weighted by atomic mass is 9.98. The number of aromatic nitrogens is 1. The van der Waals surface area contributed by atoms with Crippen molar-refractivity contribution < 1.29 is 19.2 Å². The Morgan fingerprint density at radius 2 is 1.19 bits per heavy atom. The van der Waals surface area contributed by atoms with E-state index in [4.69, 9.17) is 46.4 Å².